The third kappa shape index (κ3) is 5.58. The zero-order chi connectivity index (χ0) is 29.4. The van der Waals surface area contributed by atoms with Gasteiger partial charge in [-0.25, -0.2) is 4.98 Å². The highest BCUT2D eigenvalue weighted by molar-refractivity contribution is 6.32. The Labute approximate surface area is 236 Å². The molecular formula is C28H34ClF3N4O4. The molecule has 0 unspecified atom stereocenters. The molecule has 0 radical (unpaired) electrons. The molecule has 1 saturated carbocycles. The lowest BCUT2D eigenvalue weighted by molar-refractivity contribution is -0.263. The molecule has 2 heterocycles. The number of amides is 2. The first-order chi connectivity index (χ1) is 18.8. The number of carbonyl (C=O) groups is 2. The maximum Gasteiger partial charge on any atom is 0.430 e. The Bertz CT molecular complexity index is 1250. The normalized spacial score (nSPS) is 21.3. The van der Waals surface area contributed by atoms with Crippen molar-refractivity contribution in [2.45, 2.75) is 43.5 Å². The van der Waals surface area contributed by atoms with Gasteiger partial charge >= 0.3 is 6.18 Å². The van der Waals surface area contributed by atoms with Crippen LogP contribution in [0.25, 0.3) is 0 Å². The van der Waals surface area contributed by atoms with Crippen LogP contribution >= 0.6 is 11.6 Å². The topological polar surface area (TPSA) is 86.2 Å². The first-order valence-corrected chi connectivity index (χ1v) is 13.5. The number of halogens is 4. The van der Waals surface area contributed by atoms with E-state index >= 15 is 0 Å². The van der Waals surface area contributed by atoms with Crippen molar-refractivity contribution in [3.8, 4) is 5.75 Å². The van der Waals surface area contributed by atoms with Crippen molar-refractivity contribution in [1.29, 1.82) is 0 Å². The minimum absolute atomic E-state index is 0.112. The number of alkyl halides is 3. The lowest BCUT2D eigenvalue weighted by atomic mass is 9.68. The van der Waals surface area contributed by atoms with E-state index in [2.05, 4.69) is 9.88 Å². The second kappa shape index (κ2) is 11.4. The molecule has 0 spiro atoms. The minimum atomic E-state index is -5.21. The number of piperidine rings is 1. The molecule has 4 rings (SSSR count). The average molecular weight is 583 g/mol. The molecule has 12 heteroatoms. The zero-order valence-electron chi connectivity index (χ0n) is 22.9. The van der Waals surface area contributed by atoms with Crippen molar-refractivity contribution in [3.63, 3.8) is 0 Å². The first-order valence-electron chi connectivity index (χ1n) is 13.1. The number of carbonyl (C=O) groups excluding carboxylic acids is 2. The maximum absolute atomic E-state index is 14.1. The maximum atomic E-state index is 14.1. The van der Waals surface area contributed by atoms with Crippen LogP contribution < -0.4 is 9.64 Å². The predicted molar refractivity (Wildman–Crippen MR) is 144 cm³/mol. The first kappa shape index (κ1) is 29.9. The number of anilines is 1. The van der Waals surface area contributed by atoms with E-state index in [1.807, 2.05) is 0 Å². The molecule has 2 aromatic rings. The molecule has 1 N–H and O–H groups in total. The number of hydrogen-bond donors (Lipinski definition) is 1. The summed E-state index contributed by atoms with van der Waals surface area (Å²) in [5.41, 5.74) is -3.91. The number of likely N-dealkylation sites (N-methyl/N-ethyl adjacent to an activating group) is 1. The lowest BCUT2D eigenvalue weighted by Crippen LogP contribution is -2.59. The van der Waals surface area contributed by atoms with Crippen LogP contribution in [-0.4, -0.2) is 85.3 Å². The molecule has 1 aromatic carbocycles. The van der Waals surface area contributed by atoms with E-state index in [-0.39, 0.29) is 22.7 Å². The molecule has 8 nitrogen and oxygen atoms in total. The number of hydrogen-bond acceptors (Lipinski definition) is 6. The van der Waals surface area contributed by atoms with E-state index in [1.165, 1.54) is 31.2 Å². The van der Waals surface area contributed by atoms with Gasteiger partial charge in [0.25, 0.3) is 17.4 Å². The van der Waals surface area contributed by atoms with E-state index in [0.717, 1.165) is 43.0 Å². The Balaban J connectivity index is 1.35. The lowest BCUT2D eigenvalue weighted by Gasteiger charge is -2.48. The van der Waals surface area contributed by atoms with Crippen molar-refractivity contribution in [3.05, 3.63) is 52.7 Å². The Morgan fingerprint density at radius 2 is 1.73 bits per heavy atom. The summed E-state index contributed by atoms with van der Waals surface area (Å²) in [5, 5.41) is 10.9. The fourth-order valence-corrected chi connectivity index (χ4v) is 5.84. The number of benzene rings is 1. The van der Waals surface area contributed by atoms with Gasteiger partial charge in [0.15, 0.2) is 0 Å². The fourth-order valence-electron chi connectivity index (χ4n) is 5.61. The summed E-state index contributed by atoms with van der Waals surface area (Å²) >= 11 is 6.27. The van der Waals surface area contributed by atoms with E-state index in [9.17, 15) is 27.9 Å². The molecule has 2 aliphatic rings. The summed E-state index contributed by atoms with van der Waals surface area (Å²) in [7, 11) is 5.91. The summed E-state index contributed by atoms with van der Waals surface area (Å²) in [6, 6.07) is 7.94. The Kier molecular flexibility index (Phi) is 8.56. The van der Waals surface area contributed by atoms with Crippen LogP contribution in [0.2, 0.25) is 5.15 Å². The Morgan fingerprint density at radius 1 is 1.07 bits per heavy atom. The summed E-state index contributed by atoms with van der Waals surface area (Å²) in [4.78, 5) is 34.3. The molecule has 1 aliphatic heterocycles. The number of nitrogens with zero attached hydrogens (tertiary/aromatic N) is 4. The highest BCUT2D eigenvalue weighted by Gasteiger charge is 2.62. The molecule has 40 heavy (non-hydrogen) atoms. The van der Waals surface area contributed by atoms with Gasteiger partial charge in [-0.1, -0.05) is 23.7 Å². The molecule has 218 valence electrons. The van der Waals surface area contributed by atoms with Gasteiger partial charge in [-0.3, -0.25) is 9.59 Å². The van der Waals surface area contributed by atoms with Gasteiger partial charge in [0.2, 0.25) is 0 Å². The molecule has 2 fully saturated rings. The molecular weight excluding hydrogens is 549 g/mol. The van der Waals surface area contributed by atoms with Gasteiger partial charge in [-0.2, -0.15) is 13.2 Å². The van der Waals surface area contributed by atoms with Gasteiger partial charge in [0.05, 0.1) is 12.7 Å². The number of aromatic nitrogens is 1. The van der Waals surface area contributed by atoms with Crippen LogP contribution in [-0.2, 0) is 10.4 Å². The molecule has 1 aliphatic carbocycles. The van der Waals surface area contributed by atoms with Gasteiger partial charge in [-0.05, 0) is 61.8 Å². The third-order valence-electron chi connectivity index (χ3n) is 8.23. The molecule has 1 aromatic heterocycles. The average Bonchev–Trinajstić information content (AvgIpc) is 2.90. The van der Waals surface area contributed by atoms with Crippen molar-refractivity contribution in [2.75, 3.05) is 46.2 Å². The van der Waals surface area contributed by atoms with Gasteiger partial charge in [0.1, 0.15) is 16.7 Å². The third-order valence-corrected chi connectivity index (χ3v) is 8.51. The highest BCUT2D eigenvalue weighted by atomic mass is 35.5. The zero-order valence-corrected chi connectivity index (χ0v) is 23.7. The van der Waals surface area contributed by atoms with E-state index in [0.29, 0.717) is 30.1 Å². The number of aliphatic hydroxyl groups is 1. The number of pyridine rings is 1. The quantitative estimate of drug-likeness (QED) is 0.489. The van der Waals surface area contributed by atoms with Gasteiger partial charge < -0.3 is 24.5 Å². The largest absolute Gasteiger partial charge is 0.497 e. The van der Waals surface area contributed by atoms with Gasteiger partial charge in [0, 0.05) is 45.8 Å². The highest BCUT2D eigenvalue weighted by Crippen LogP contribution is 2.45. The van der Waals surface area contributed by atoms with Crippen LogP contribution in [0.15, 0.2) is 36.4 Å². The number of methoxy groups -OCH3 is 1. The molecule has 2 amide bonds. The van der Waals surface area contributed by atoms with Crippen molar-refractivity contribution in [1.82, 2.24) is 14.8 Å². The second-order valence-electron chi connectivity index (χ2n) is 10.8. The smallest absolute Gasteiger partial charge is 0.430 e. The van der Waals surface area contributed by atoms with E-state index < -0.39 is 29.3 Å². The SMILES string of the molecule is COc1cccc([C@@](O)(C(=O)N(C)[C@H]2C[C@@H](C3CCN(c4ccc(C(=O)N(C)C)c(Cl)n4)CC3)C2)C(F)(F)F)c1. The summed E-state index contributed by atoms with van der Waals surface area (Å²) in [5.74, 6) is -0.176. The van der Waals surface area contributed by atoms with Gasteiger partial charge in [-0.15, -0.1) is 0 Å². The van der Waals surface area contributed by atoms with Crippen molar-refractivity contribution >= 4 is 29.2 Å². The Morgan fingerprint density at radius 3 is 2.27 bits per heavy atom. The number of ether oxygens (including phenoxy) is 1. The second-order valence-corrected chi connectivity index (χ2v) is 11.1. The number of rotatable bonds is 7. The fraction of sp³-hybridized carbons (Fsp3) is 0.536. The van der Waals surface area contributed by atoms with E-state index in [1.54, 1.807) is 26.2 Å². The standard InChI is InChI=1S/C28H34ClF3N4O4/c1-34(2)25(37)22-8-9-23(33-24(22)29)36-12-10-17(11-13-36)18-14-20(15-18)35(3)26(38)27(39,28(30,31)32)19-6-5-7-21(16-19)40-4/h5-9,16-18,20,39H,10-15H2,1-4H3/t18-,20+,27-/m1/s1. The monoisotopic (exact) mass is 582 g/mol. The Hall–Kier alpha value is -3.05. The van der Waals surface area contributed by atoms with Crippen LogP contribution in [0, 0.1) is 11.8 Å². The van der Waals surface area contributed by atoms with E-state index in [4.69, 9.17) is 16.3 Å². The van der Waals surface area contributed by atoms with Crippen molar-refractivity contribution < 1.29 is 32.6 Å². The van der Waals surface area contributed by atoms with Crippen LogP contribution in [0.1, 0.15) is 41.6 Å². The molecule has 0 bridgehead atoms. The predicted octanol–water partition coefficient (Wildman–Crippen LogP) is 4.35. The molecule has 1 saturated heterocycles. The van der Waals surface area contributed by atoms with Crippen molar-refractivity contribution in [2.24, 2.45) is 11.8 Å². The summed E-state index contributed by atoms with van der Waals surface area (Å²) in [6.45, 7) is 1.46. The summed E-state index contributed by atoms with van der Waals surface area (Å²) in [6.07, 6.45) is -2.34. The summed E-state index contributed by atoms with van der Waals surface area (Å²) < 4.78 is 47.3. The van der Waals surface area contributed by atoms with Crippen LogP contribution in [0.3, 0.4) is 0 Å². The van der Waals surface area contributed by atoms with Crippen LogP contribution in [0.4, 0.5) is 19.0 Å². The minimum Gasteiger partial charge on any atom is -0.497 e. The molecule has 1 atom stereocenters. The van der Waals surface area contributed by atoms with Crippen LogP contribution in [0.5, 0.6) is 5.75 Å².